The van der Waals surface area contributed by atoms with Crippen LogP contribution in [0.15, 0.2) is 48.5 Å². The molecule has 162 valence electrons. The molecule has 1 aliphatic heterocycles. The van der Waals surface area contributed by atoms with E-state index in [0.29, 0.717) is 17.7 Å². The van der Waals surface area contributed by atoms with E-state index in [1.807, 2.05) is 6.92 Å². The standard InChI is InChI=1S/C21H19F6NO2/c1-2-3-12-17-18(29)28(16-11-7-6-10-15(16)21(25,26)27)19(30-17)13-8-4-5-9-14(13)20(22,23)24/h4-11,17,19H,2-3,12H2,1H3. The highest BCUT2D eigenvalue weighted by molar-refractivity contribution is 5.99. The van der Waals surface area contributed by atoms with Crippen LogP contribution in [0.5, 0.6) is 0 Å². The zero-order valence-electron chi connectivity index (χ0n) is 15.9. The first kappa shape index (κ1) is 22.1. The minimum atomic E-state index is -4.80. The topological polar surface area (TPSA) is 29.5 Å². The summed E-state index contributed by atoms with van der Waals surface area (Å²) in [5.74, 6) is -0.790. The van der Waals surface area contributed by atoms with Crippen LogP contribution in [0.4, 0.5) is 32.0 Å². The molecule has 2 aromatic rings. The molecule has 0 aromatic heterocycles. The highest BCUT2D eigenvalue weighted by atomic mass is 19.4. The molecule has 0 radical (unpaired) electrons. The number of benzene rings is 2. The molecular weight excluding hydrogens is 412 g/mol. The van der Waals surface area contributed by atoms with Crippen LogP contribution in [-0.2, 0) is 21.9 Å². The van der Waals surface area contributed by atoms with Crippen molar-refractivity contribution < 1.29 is 35.9 Å². The Hall–Kier alpha value is -2.55. The molecule has 30 heavy (non-hydrogen) atoms. The molecule has 0 bridgehead atoms. The van der Waals surface area contributed by atoms with Gasteiger partial charge in [0.25, 0.3) is 5.91 Å². The van der Waals surface area contributed by atoms with Gasteiger partial charge in [-0.25, -0.2) is 0 Å². The maximum atomic E-state index is 13.6. The van der Waals surface area contributed by atoms with Crippen LogP contribution in [0.25, 0.3) is 0 Å². The van der Waals surface area contributed by atoms with E-state index < -0.39 is 53.0 Å². The molecule has 2 unspecified atom stereocenters. The Morgan fingerprint density at radius 3 is 2.07 bits per heavy atom. The number of carbonyl (C=O) groups excluding carboxylic acids is 1. The minimum Gasteiger partial charge on any atom is -0.340 e. The van der Waals surface area contributed by atoms with E-state index >= 15 is 0 Å². The fourth-order valence-corrected chi connectivity index (χ4v) is 3.48. The van der Waals surface area contributed by atoms with Gasteiger partial charge in [-0.3, -0.25) is 9.69 Å². The van der Waals surface area contributed by atoms with Crippen LogP contribution in [0, 0.1) is 0 Å². The van der Waals surface area contributed by atoms with E-state index in [4.69, 9.17) is 4.74 Å². The van der Waals surface area contributed by atoms with Gasteiger partial charge in [-0.05, 0) is 24.6 Å². The summed E-state index contributed by atoms with van der Waals surface area (Å²) in [5, 5.41) is 0. The van der Waals surface area contributed by atoms with Crippen molar-refractivity contribution in [3.8, 4) is 0 Å². The van der Waals surface area contributed by atoms with Gasteiger partial charge in [-0.2, -0.15) is 26.3 Å². The number of hydrogen-bond acceptors (Lipinski definition) is 2. The Labute approximate surface area is 169 Å². The lowest BCUT2D eigenvalue weighted by atomic mass is 10.0. The van der Waals surface area contributed by atoms with Gasteiger partial charge in [0.2, 0.25) is 0 Å². The van der Waals surface area contributed by atoms with Gasteiger partial charge >= 0.3 is 12.4 Å². The second-order valence-corrected chi connectivity index (χ2v) is 6.93. The number of amides is 1. The van der Waals surface area contributed by atoms with Crippen molar-refractivity contribution in [2.24, 2.45) is 0 Å². The van der Waals surface area contributed by atoms with E-state index in [-0.39, 0.29) is 6.42 Å². The number of ether oxygens (including phenoxy) is 1. The average Bonchev–Trinajstić information content (AvgIpc) is 3.01. The summed E-state index contributed by atoms with van der Waals surface area (Å²) >= 11 is 0. The van der Waals surface area contributed by atoms with Gasteiger partial charge in [-0.1, -0.05) is 50.1 Å². The minimum absolute atomic E-state index is 0.199. The van der Waals surface area contributed by atoms with Crippen LogP contribution < -0.4 is 4.90 Å². The van der Waals surface area contributed by atoms with Crippen LogP contribution in [0.3, 0.4) is 0 Å². The predicted octanol–water partition coefficient (Wildman–Crippen LogP) is 6.35. The molecule has 1 amide bonds. The smallest absolute Gasteiger partial charge is 0.340 e. The number of halogens is 6. The first-order valence-electron chi connectivity index (χ1n) is 9.36. The van der Waals surface area contributed by atoms with Gasteiger partial charge in [0.1, 0.15) is 6.10 Å². The molecule has 0 N–H and O–H groups in total. The third kappa shape index (κ3) is 4.30. The Morgan fingerprint density at radius 2 is 1.47 bits per heavy atom. The SMILES string of the molecule is CCCCC1OC(c2ccccc2C(F)(F)F)N(c2ccccc2C(F)(F)F)C1=O. The highest BCUT2D eigenvalue weighted by Gasteiger charge is 2.48. The summed E-state index contributed by atoms with van der Waals surface area (Å²) in [6.07, 6.45) is -10.9. The number of para-hydroxylation sites is 1. The maximum absolute atomic E-state index is 13.6. The molecule has 1 fully saturated rings. The van der Waals surface area contributed by atoms with E-state index in [1.165, 1.54) is 18.2 Å². The van der Waals surface area contributed by atoms with E-state index in [0.717, 1.165) is 30.3 Å². The second-order valence-electron chi connectivity index (χ2n) is 6.93. The largest absolute Gasteiger partial charge is 0.418 e. The molecule has 3 rings (SSSR count). The van der Waals surface area contributed by atoms with E-state index in [2.05, 4.69) is 0 Å². The van der Waals surface area contributed by atoms with E-state index in [1.54, 1.807) is 0 Å². The maximum Gasteiger partial charge on any atom is 0.418 e. The first-order chi connectivity index (χ1) is 14.1. The second kappa shape index (κ2) is 8.29. The molecule has 1 aliphatic rings. The van der Waals surface area contributed by atoms with Crippen molar-refractivity contribution in [1.29, 1.82) is 0 Å². The van der Waals surface area contributed by atoms with Gasteiger partial charge < -0.3 is 4.74 Å². The van der Waals surface area contributed by atoms with Gasteiger partial charge in [-0.15, -0.1) is 0 Å². The molecular formula is C21H19F6NO2. The summed E-state index contributed by atoms with van der Waals surface area (Å²) in [4.78, 5) is 13.7. The lowest BCUT2D eigenvalue weighted by molar-refractivity contribution is -0.140. The van der Waals surface area contributed by atoms with Crippen molar-refractivity contribution >= 4 is 11.6 Å². The number of hydrogen-bond donors (Lipinski definition) is 0. The van der Waals surface area contributed by atoms with Gasteiger partial charge in [0.05, 0.1) is 16.8 Å². The van der Waals surface area contributed by atoms with Crippen molar-refractivity contribution in [1.82, 2.24) is 0 Å². The van der Waals surface area contributed by atoms with Crippen LogP contribution in [-0.4, -0.2) is 12.0 Å². The molecule has 0 spiro atoms. The number of alkyl halides is 6. The third-order valence-electron chi connectivity index (χ3n) is 4.86. The molecule has 3 nitrogen and oxygen atoms in total. The number of rotatable bonds is 5. The molecule has 1 heterocycles. The number of carbonyl (C=O) groups is 1. The molecule has 0 saturated carbocycles. The third-order valence-corrected chi connectivity index (χ3v) is 4.86. The molecule has 9 heteroatoms. The zero-order valence-corrected chi connectivity index (χ0v) is 15.9. The summed E-state index contributed by atoms with van der Waals surface area (Å²) in [6, 6.07) is 8.73. The predicted molar refractivity (Wildman–Crippen MR) is 97.5 cm³/mol. The summed E-state index contributed by atoms with van der Waals surface area (Å²) in [7, 11) is 0. The molecule has 1 saturated heterocycles. The van der Waals surface area contributed by atoms with Crippen LogP contribution in [0.1, 0.15) is 49.1 Å². The zero-order chi connectivity index (χ0) is 22.1. The van der Waals surface area contributed by atoms with Crippen molar-refractivity contribution in [3.05, 3.63) is 65.2 Å². The van der Waals surface area contributed by atoms with E-state index in [9.17, 15) is 31.1 Å². The summed E-state index contributed by atoms with van der Waals surface area (Å²) in [5.41, 5.74) is -3.12. The lowest BCUT2D eigenvalue weighted by Gasteiger charge is -2.28. The Morgan fingerprint density at radius 1 is 0.900 bits per heavy atom. The fourth-order valence-electron chi connectivity index (χ4n) is 3.48. The van der Waals surface area contributed by atoms with Crippen molar-refractivity contribution in [3.63, 3.8) is 0 Å². The van der Waals surface area contributed by atoms with Gasteiger partial charge in [0.15, 0.2) is 6.23 Å². The first-order valence-corrected chi connectivity index (χ1v) is 9.36. The van der Waals surface area contributed by atoms with Crippen molar-refractivity contribution in [2.45, 2.75) is 50.9 Å². The van der Waals surface area contributed by atoms with Crippen molar-refractivity contribution in [2.75, 3.05) is 4.90 Å². The van der Waals surface area contributed by atoms with Crippen LogP contribution in [0.2, 0.25) is 0 Å². The Kier molecular flexibility index (Phi) is 6.12. The fraction of sp³-hybridized carbons (Fsp3) is 0.381. The quantitative estimate of drug-likeness (QED) is 0.517. The normalized spacial score (nSPS) is 20.1. The van der Waals surface area contributed by atoms with Gasteiger partial charge in [0, 0.05) is 5.56 Å². The molecule has 2 aromatic carbocycles. The number of nitrogens with zero attached hydrogens (tertiary/aromatic N) is 1. The monoisotopic (exact) mass is 431 g/mol. The lowest BCUT2D eigenvalue weighted by Crippen LogP contribution is -2.33. The number of anilines is 1. The molecule has 2 atom stereocenters. The average molecular weight is 431 g/mol. The van der Waals surface area contributed by atoms with Crippen LogP contribution >= 0.6 is 0 Å². The highest BCUT2D eigenvalue weighted by Crippen LogP contribution is 2.45. The summed E-state index contributed by atoms with van der Waals surface area (Å²) < 4.78 is 87.0. The number of unbranched alkanes of at least 4 members (excludes halogenated alkanes) is 1. The molecule has 0 aliphatic carbocycles. The Balaban J connectivity index is 2.16. The summed E-state index contributed by atoms with van der Waals surface area (Å²) in [6.45, 7) is 1.85. The Bertz CT molecular complexity index is 909.